The molecule has 2 aromatic rings. The van der Waals surface area contributed by atoms with Gasteiger partial charge < -0.3 is 14.9 Å². The molecule has 2 rings (SSSR count). The summed E-state index contributed by atoms with van der Waals surface area (Å²) in [6.07, 6.45) is 1.83. The van der Waals surface area contributed by atoms with Crippen molar-refractivity contribution in [3.63, 3.8) is 0 Å². The molecule has 0 aliphatic carbocycles. The lowest BCUT2D eigenvalue weighted by Crippen LogP contribution is -1.99. The quantitative estimate of drug-likeness (QED) is 0.841. The number of ether oxygens (including phenoxy) is 1. The minimum Gasteiger partial charge on any atom is -0.490 e. The van der Waals surface area contributed by atoms with Crippen molar-refractivity contribution in [3.8, 4) is 5.75 Å². The molecular formula is C13H17NO2. The van der Waals surface area contributed by atoms with E-state index in [1.165, 1.54) is 0 Å². The van der Waals surface area contributed by atoms with Crippen molar-refractivity contribution in [2.75, 3.05) is 13.2 Å². The van der Waals surface area contributed by atoms with E-state index in [0.717, 1.165) is 35.3 Å². The van der Waals surface area contributed by atoms with E-state index in [0.29, 0.717) is 13.2 Å². The van der Waals surface area contributed by atoms with E-state index in [-0.39, 0.29) is 0 Å². The minimum atomic E-state index is 0.651. The second-order valence-corrected chi connectivity index (χ2v) is 3.71. The number of fused-ring (bicyclic) bond motifs is 1. The SMILES string of the molecule is CCOc1cccc2cc(CCCN)oc12. The van der Waals surface area contributed by atoms with Crippen molar-refractivity contribution < 1.29 is 9.15 Å². The van der Waals surface area contributed by atoms with Gasteiger partial charge in [0.15, 0.2) is 11.3 Å². The van der Waals surface area contributed by atoms with Crippen molar-refractivity contribution in [1.82, 2.24) is 0 Å². The highest BCUT2D eigenvalue weighted by Gasteiger charge is 2.08. The standard InChI is InChI=1S/C13H17NO2/c1-2-15-12-7-3-5-10-9-11(6-4-8-14)16-13(10)12/h3,5,7,9H,2,4,6,8,14H2,1H3. The first-order valence-electron chi connectivity index (χ1n) is 5.69. The van der Waals surface area contributed by atoms with Gasteiger partial charge in [0.05, 0.1) is 6.61 Å². The van der Waals surface area contributed by atoms with E-state index < -0.39 is 0 Å². The van der Waals surface area contributed by atoms with Crippen molar-refractivity contribution in [3.05, 3.63) is 30.0 Å². The molecule has 16 heavy (non-hydrogen) atoms. The van der Waals surface area contributed by atoms with E-state index in [1.807, 2.05) is 25.1 Å². The molecule has 1 aromatic heterocycles. The monoisotopic (exact) mass is 219 g/mol. The predicted octanol–water partition coefficient (Wildman–Crippen LogP) is 2.72. The second kappa shape index (κ2) is 5.03. The molecule has 0 atom stereocenters. The minimum absolute atomic E-state index is 0.651. The van der Waals surface area contributed by atoms with E-state index in [4.69, 9.17) is 14.9 Å². The Morgan fingerprint density at radius 2 is 2.25 bits per heavy atom. The molecule has 0 saturated heterocycles. The van der Waals surface area contributed by atoms with Crippen LogP contribution in [-0.2, 0) is 6.42 Å². The molecule has 1 heterocycles. The summed E-state index contributed by atoms with van der Waals surface area (Å²) in [5, 5.41) is 1.10. The van der Waals surface area contributed by atoms with Crippen LogP contribution in [0.1, 0.15) is 19.1 Å². The first-order chi connectivity index (χ1) is 7.85. The molecule has 0 saturated carbocycles. The maximum atomic E-state index is 5.77. The van der Waals surface area contributed by atoms with E-state index in [9.17, 15) is 0 Å². The maximum Gasteiger partial charge on any atom is 0.176 e. The van der Waals surface area contributed by atoms with Gasteiger partial charge >= 0.3 is 0 Å². The van der Waals surface area contributed by atoms with Crippen LogP contribution in [0.4, 0.5) is 0 Å². The molecule has 3 heteroatoms. The van der Waals surface area contributed by atoms with Gasteiger partial charge in [-0.2, -0.15) is 0 Å². The molecule has 3 nitrogen and oxygen atoms in total. The van der Waals surface area contributed by atoms with E-state index in [1.54, 1.807) is 0 Å². The molecule has 0 aliphatic rings. The van der Waals surface area contributed by atoms with Crippen LogP contribution >= 0.6 is 0 Å². The Balaban J connectivity index is 2.32. The summed E-state index contributed by atoms with van der Waals surface area (Å²) in [4.78, 5) is 0. The summed E-state index contributed by atoms with van der Waals surface area (Å²) in [5.74, 6) is 1.80. The highest BCUT2D eigenvalue weighted by molar-refractivity contribution is 5.83. The van der Waals surface area contributed by atoms with Gasteiger partial charge in [0.1, 0.15) is 5.76 Å². The summed E-state index contributed by atoms with van der Waals surface area (Å²) in [6, 6.07) is 8.01. The second-order valence-electron chi connectivity index (χ2n) is 3.71. The lowest BCUT2D eigenvalue weighted by Gasteiger charge is -2.02. The molecule has 0 aliphatic heterocycles. The molecule has 0 fully saturated rings. The molecule has 0 spiro atoms. The smallest absolute Gasteiger partial charge is 0.176 e. The molecule has 0 radical (unpaired) electrons. The van der Waals surface area contributed by atoms with Gasteiger partial charge in [-0.3, -0.25) is 0 Å². The summed E-state index contributed by atoms with van der Waals surface area (Å²) < 4.78 is 11.3. The highest BCUT2D eigenvalue weighted by Crippen LogP contribution is 2.29. The average molecular weight is 219 g/mol. The van der Waals surface area contributed by atoms with Crippen molar-refractivity contribution >= 4 is 11.0 Å². The Morgan fingerprint density at radius 3 is 3.00 bits per heavy atom. The fourth-order valence-electron chi connectivity index (χ4n) is 1.76. The van der Waals surface area contributed by atoms with Crippen LogP contribution in [-0.4, -0.2) is 13.2 Å². The summed E-state index contributed by atoms with van der Waals surface area (Å²) in [5.41, 5.74) is 6.33. The van der Waals surface area contributed by atoms with Crippen LogP contribution in [0.3, 0.4) is 0 Å². The molecular weight excluding hydrogens is 202 g/mol. The fourth-order valence-corrected chi connectivity index (χ4v) is 1.76. The Labute approximate surface area is 95.2 Å². The highest BCUT2D eigenvalue weighted by atomic mass is 16.5. The Bertz CT molecular complexity index is 462. The lowest BCUT2D eigenvalue weighted by molar-refractivity contribution is 0.337. The van der Waals surface area contributed by atoms with Crippen LogP contribution in [0.2, 0.25) is 0 Å². The van der Waals surface area contributed by atoms with Crippen LogP contribution < -0.4 is 10.5 Å². The van der Waals surface area contributed by atoms with Crippen molar-refractivity contribution in [2.24, 2.45) is 5.73 Å². The fraction of sp³-hybridized carbons (Fsp3) is 0.385. The van der Waals surface area contributed by atoms with Gasteiger partial charge in [0.2, 0.25) is 0 Å². The lowest BCUT2D eigenvalue weighted by atomic mass is 10.2. The molecule has 2 N–H and O–H groups in total. The van der Waals surface area contributed by atoms with Gasteiger partial charge in [0, 0.05) is 11.8 Å². The topological polar surface area (TPSA) is 48.4 Å². The van der Waals surface area contributed by atoms with Crippen LogP contribution in [0.25, 0.3) is 11.0 Å². The number of rotatable bonds is 5. The number of benzene rings is 1. The van der Waals surface area contributed by atoms with Gasteiger partial charge in [-0.1, -0.05) is 12.1 Å². The molecule has 86 valence electrons. The number of furan rings is 1. The Morgan fingerprint density at radius 1 is 1.38 bits per heavy atom. The summed E-state index contributed by atoms with van der Waals surface area (Å²) in [7, 11) is 0. The van der Waals surface area contributed by atoms with Gasteiger partial charge in [-0.05, 0) is 32.0 Å². The van der Waals surface area contributed by atoms with Crippen molar-refractivity contribution in [2.45, 2.75) is 19.8 Å². The predicted molar refractivity (Wildman–Crippen MR) is 64.8 cm³/mol. The van der Waals surface area contributed by atoms with Gasteiger partial charge in [-0.15, -0.1) is 0 Å². The molecule has 0 amide bonds. The summed E-state index contributed by atoms with van der Waals surface area (Å²) >= 11 is 0. The number of nitrogens with two attached hydrogens (primary N) is 1. The molecule has 0 bridgehead atoms. The first kappa shape index (κ1) is 11.0. The first-order valence-corrected chi connectivity index (χ1v) is 5.69. The number of para-hydroxylation sites is 1. The molecule has 1 aromatic carbocycles. The van der Waals surface area contributed by atoms with Gasteiger partial charge in [0.25, 0.3) is 0 Å². The third-order valence-corrected chi connectivity index (χ3v) is 2.49. The van der Waals surface area contributed by atoms with Crippen LogP contribution in [0.15, 0.2) is 28.7 Å². The normalized spacial score (nSPS) is 10.9. The van der Waals surface area contributed by atoms with E-state index in [2.05, 4.69) is 6.07 Å². The third-order valence-electron chi connectivity index (χ3n) is 2.49. The third kappa shape index (κ3) is 2.19. The van der Waals surface area contributed by atoms with Crippen LogP contribution in [0.5, 0.6) is 5.75 Å². The zero-order valence-corrected chi connectivity index (χ0v) is 9.53. The number of hydrogen-bond acceptors (Lipinski definition) is 3. The number of hydrogen-bond donors (Lipinski definition) is 1. The number of aryl methyl sites for hydroxylation is 1. The molecule has 0 unspecified atom stereocenters. The Kier molecular flexibility index (Phi) is 3.47. The Hall–Kier alpha value is -1.48. The zero-order chi connectivity index (χ0) is 11.4. The van der Waals surface area contributed by atoms with Crippen LogP contribution in [0, 0.1) is 0 Å². The maximum absolute atomic E-state index is 5.77. The van der Waals surface area contributed by atoms with Gasteiger partial charge in [-0.25, -0.2) is 0 Å². The zero-order valence-electron chi connectivity index (χ0n) is 9.53. The average Bonchev–Trinajstić information content (AvgIpc) is 2.70. The summed E-state index contributed by atoms with van der Waals surface area (Å²) in [6.45, 7) is 3.31. The van der Waals surface area contributed by atoms with Crippen molar-refractivity contribution in [1.29, 1.82) is 0 Å². The largest absolute Gasteiger partial charge is 0.490 e. The van der Waals surface area contributed by atoms with E-state index >= 15 is 0 Å².